The van der Waals surface area contributed by atoms with Crippen LogP contribution < -0.4 is 5.56 Å². The first-order valence-electron chi connectivity index (χ1n) is 9.24. The lowest BCUT2D eigenvalue weighted by Crippen LogP contribution is -2.48. The maximum Gasteiger partial charge on any atom is 0.268 e. The Morgan fingerprint density at radius 3 is 2.70 bits per heavy atom. The predicted molar refractivity (Wildman–Crippen MR) is 107 cm³/mol. The lowest BCUT2D eigenvalue weighted by atomic mass is 10.2. The number of aromatic nitrogens is 2. The standard InChI is InChI=1S/C18H27N3O4S2/c1-11-8-20(9-12(2)25-11)15(22)10-26-18-19-14-7-13(3)27-16(14)17(23)21(18)5-6-24-4/h11-13H,5-10H2,1-4H3. The molecule has 1 saturated heterocycles. The Hall–Kier alpha value is -1.03. The monoisotopic (exact) mass is 413 g/mol. The van der Waals surface area contributed by atoms with Gasteiger partial charge in [0.15, 0.2) is 5.16 Å². The van der Waals surface area contributed by atoms with E-state index < -0.39 is 0 Å². The van der Waals surface area contributed by atoms with Gasteiger partial charge < -0.3 is 14.4 Å². The van der Waals surface area contributed by atoms with E-state index in [-0.39, 0.29) is 29.4 Å². The van der Waals surface area contributed by atoms with E-state index in [1.54, 1.807) is 23.4 Å². The van der Waals surface area contributed by atoms with Crippen molar-refractivity contribution in [2.75, 3.05) is 32.6 Å². The second-order valence-corrected chi connectivity index (χ2v) is 9.49. The summed E-state index contributed by atoms with van der Waals surface area (Å²) in [6.07, 6.45) is 0.874. The Morgan fingerprint density at radius 2 is 2.04 bits per heavy atom. The van der Waals surface area contributed by atoms with Crippen LogP contribution in [0.5, 0.6) is 0 Å². The lowest BCUT2D eigenvalue weighted by molar-refractivity contribution is -0.140. The number of methoxy groups -OCH3 is 1. The average Bonchev–Trinajstić information content (AvgIpc) is 2.99. The van der Waals surface area contributed by atoms with Crippen LogP contribution in [-0.4, -0.2) is 70.4 Å². The Kier molecular flexibility index (Phi) is 6.88. The predicted octanol–water partition coefficient (Wildman–Crippen LogP) is 1.65. The van der Waals surface area contributed by atoms with Crippen molar-refractivity contribution in [1.82, 2.24) is 14.5 Å². The van der Waals surface area contributed by atoms with Crippen LogP contribution in [0.3, 0.4) is 0 Å². The molecule has 27 heavy (non-hydrogen) atoms. The molecular formula is C18H27N3O4S2. The van der Waals surface area contributed by atoms with Gasteiger partial charge in [-0.15, -0.1) is 11.8 Å². The third kappa shape index (κ3) is 4.88. The zero-order valence-corrected chi connectivity index (χ0v) is 17.9. The minimum atomic E-state index is -0.0186. The Morgan fingerprint density at radius 1 is 1.33 bits per heavy atom. The quantitative estimate of drug-likeness (QED) is 0.519. The second-order valence-electron chi connectivity index (χ2n) is 7.10. The third-order valence-corrected chi connectivity index (χ3v) is 6.76. The van der Waals surface area contributed by atoms with Gasteiger partial charge in [-0.05, 0) is 13.8 Å². The zero-order chi connectivity index (χ0) is 19.6. The number of carbonyl (C=O) groups is 1. The average molecular weight is 414 g/mol. The molecule has 0 spiro atoms. The number of hydrogen-bond acceptors (Lipinski definition) is 7. The molecule has 3 rings (SSSR count). The molecule has 2 aliphatic heterocycles. The molecule has 0 aliphatic carbocycles. The third-order valence-electron chi connectivity index (χ3n) is 4.58. The molecule has 0 bridgehead atoms. The first kappa shape index (κ1) is 20.7. The Bertz CT molecular complexity index is 745. The molecule has 1 amide bonds. The molecule has 3 unspecified atom stereocenters. The van der Waals surface area contributed by atoms with Gasteiger partial charge in [-0.2, -0.15) is 0 Å². The van der Waals surface area contributed by atoms with Crippen molar-refractivity contribution < 1.29 is 14.3 Å². The van der Waals surface area contributed by atoms with Crippen LogP contribution in [0.1, 0.15) is 26.5 Å². The fourth-order valence-corrected chi connectivity index (χ4v) is 5.48. The van der Waals surface area contributed by atoms with E-state index in [2.05, 4.69) is 6.92 Å². The highest BCUT2D eigenvalue weighted by atomic mass is 32.2. The highest BCUT2D eigenvalue weighted by Gasteiger charge is 2.28. The molecular weight excluding hydrogens is 386 g/mol. The molecule has 0 radical (unpaired) electrons. The zero-order valence-electron chi connectivity index (χ0n) is 16.3. The van der Waals surface area contributed by atoms with Crippen molar-refractivity contribution in [2.24, 2.45) is 0 Å². The highest BCUT2D eigenvalue weighted by molar-refractivity contribution is 8.00. The SMILES string of the molecule is COCCn1c(SCC(=O)N2CC(C)OC(C)C2)nc2c(c1=O)SC(C)C2. The van der Waals surface area contributed by atoms with E-state index in [1.165, 1.54) is 11.8 Å². The van der Waals surface area contributed by atoms with Crippen LogP contribution in [0.4, 0.5) is 0 Å². The van der Waals surface area contributed by atoms with Gasteiger partial charge in [0.05, 0.1) is 41.7 Å². The van der Waals surface area contributed by atoms with Gasteiger partial charge in [-0.1, -0.05) is 18.7 Å². The summed E-state index contributed by atoms with van der Waals surface area (Å²) in [5.74, 6) is 0.318. The van der Waals surface area contributed by atoms with E-state index in [1.807, 2.05) is 18.7 Å². The molecule has 9 heteroatoms. The number of hydrogen-bond donors (Lipinski definition) is 0. The minimum Gasteiger partial charge on any atom is -0.383 e. The summed E-state index contributed by atoms with van der Waals surface area (Å²) in [5.41, 5.74) is 0.838. The van der Waals surface area contributed by atoms with E-state index in [0.29, 0.717) is 36.6 Å². The Labute approximate surface area is 168 Å². The van der Waals surface area contributed by atoms with Gasteiger partial charge in [-0.25, -0.2) is 4.98 Å². The molecule has 0 N–H and O–H groups in total. The summed E-state index contributed by atoms with van der Waals surface area (Å²) in [5, 5.41) is 0.961. The van der Waals surface area contributed by atoms with Crippen molar-refractivity contribution in [3.05, 3.63) is 16.0 Å². The van der Waals surface area contributed by atoms with E-state index in [0.717, 1.165) is 17.0 Å². The summed E-state index contributed by atoms with van der Waals surface area (Å²) in [6.45, 7) is 8.13. The van der Waals surface area contributed by atoms with E-state index in [9.17, 15) is 9.59 Å². The van der Waals surface area contributed by atoms with Crippen LogP contribution in [0, 0.1) is 0 Å². The molecule has 1 fully saturated rings. The number of morpholine rings is 1. The molecule has 0 saturated carbocycles. The molecule has 7 nitrogen and oxygen atoms in total. The van der Waals surface area contributed by atoms with Gasteiger partial charge >= 0.3 is 0 Å². The summed E-state index contributed by atoms with van der Waals surface area (Å²) >= 11 is 2.92. The summed E-state index contributed by atoms with van der Waals surface area (Å²) in [4.78, 5) is 32.9. The highest BCUT2D eigenvalue weighted by Crippen LogP contribution is 2.34. The topological polar surface area (TPSA) is 73.7 Å². The van der Waals surface area contributed by atoms with Gasteiger partial charge in [0.1, 0.15) is 0 Å². The Balaban J connectivity index is 1.75. The fraction of sp³-hybridized carbons (Fsp3) is 0.722. The summed E-state index contributed by atoms with van der Waals surface area (Å²) in [6, 6.07) is 0. The van der Waals surface area contributed by atoms with Crippen LogP contribution in [0.2, 0.25) is 0 Å². The van der Waals surface area contributed by atoms with Crippen molar-refractivity contribution in [3.8, 4) is 0 Å². The van der Waals surface area contributed by atoms with Crippen molar-refractivity contribution in [1.29, 1.82) is 0 Å². The second kappa shape index (κ2) is 8.98. The summed E-state index contributed by atoms with van der Waals surface area (Å²) < 4.78 is 12.5. The van der Waals surface area contributed by atoms with Gasteiger partial charge in [0.2, 0.25) is 5.91 Å². The maximum absolute atomic E-state index is 12.9. The molecule has 2 aliphatic rings. The van der Waals surface area contributed by atoms with Gasteiger partial charge in [-0.3, -0.25) is 14.2 Å². The smallest absolute Gasteiger partial charge is 0.268 e. The van der Waals surface area contributed by atoms with E-state index >= 15 is 0 Å². The van der Waals surface area contributed by atoms with Crippen molar-refractivity contribution in [3.63, 3.8) is 0 Å². The number of nitrogens with zero attached hydrogens (tertiary/aromatic N) is 3. The number of amides is 1. The fourth-order valence-electron chi connectivity index (χ4n) is 3.42. The van der Waals surface area contributed by atoms with E-state index in [4.69, 9.17) is 14.5 Å². The van der Waals surface area contributed by atoms with Crippen molar-refractivity contribution in [2.45, 2.75) is 61.2 Å². The molecule has 150 valence electrons. The number of ether oxygens (including phenoxy) is 2. The largest absolute Gasteiger partial charge is 0.383 e. The van der Waals surface area contributed by atoms with Crippen molar-refractivity contribution >= 4 is 29.4 Å². The first-order valence-corrected chi connectivity index (χ1v) is 11.1. The van der Waals surface area contributed by atoms with Gasteiger partial charge in [0, 0.05) is 31.9 Å². The van der Waals surface area contributed by atoms with Crippen LogP contribution in [0.25, 0.3) is 0 Å². The first-order chi connectivity index (χ1) is 12.9. The van der Waals surface area contributed by atoms with Crippen LogP contribution >= 0.6 is 23.5 Å². The van der Waals surface area contributed by atoms with Gasteiger partial charge in [0.25, 0.3) is 5.56 Å². The number of fused-ring (bicyclic) bond motifs is 1. The number of rotatable bonds is 6. The minimum absolute atomic E-state index is 0.0186. The molecule has 3 heterocycles. The molecule has 1 aromatic heterocycles. The maximum atomic E-state index is 12.9. The normalized spacial score (nSPS) is 24.9. The number of thioether (sulfide) groups is 2. The lowest BCUT2D eigenvalue weighted by Gasteiger charge is -2.35. The molecule has 3 atom stereocenters. The number of carbonyl (C=O) groups excluding carboxylic acids is 1. The van der Waals surface area contributed by atoms with Crippen LogP contribution in [-0.2, 0) is 27.2 Å². The van der Waals surface area contributed by atoms with Crippen LogP contribution in [0.15, 0.2) is 14.8 Å². The molecule has 1 aromatic rings. The summed E-state index contributed by atoms with van der Waals surface area (Å²) in [7, 11) is 1.61. The molecule has 0 aromatic carbocycles.